The molecule has 21 heavy (non-hydrogen) atoms. The van der Waals surface area contributed by atoms with Crippen LogP contribution in [0.2, 0.25) is 5.02 Å². The summed E-state index contributed by atoms with van der Waals surface area (Å²) >= 11 is 5.93. The second-order valence-electron chi connectivity index (χ2n) is 5.76. The number of unbranched alkanes of at least 4 members (excludes halogenated alkanes) is 7. The van der Waals surface area contributed by atoms with E-state index in [1.807, 2.05) is 12.1 Å². The van der Waals surface area contributed by atoms with Gasteiger partial charge in [-0.25, -0.2) is 0 Å². The fourth-order valence-electron chi connectivity index (χ4n) is 2.67. The number of hydrogen-bond acceptors (Lipinski definition) is 3. The minimum atomic E-state index is 0.113. The molecule has 120 valence electrons. The zero-order valence-electron chi connectivity index (χ0n) is 13.2. The van der Waals surface area contributed by atoms with Crippen LogP contribution >= 0.6 is 11.6 Å². The normalized spacial score (nSPS) is 12.5. The molecule has 0 radical (unpaired) electrons. The standard InChI is InChI=1S/C17H30ClN3/c1-2-3-4-5-6-7-8-9-10-17(21-20)15-12-11-14(18)13-16(15)19/h11-13,17,21H,2-10,19-20H2,1H3. The molecule has 1 aromatic rings. The van der Waals surface area contributed by atoms with Gasteiger partial charge in [-0.1, -0.05) is 76.0 Å². The molecule has 0 aliphatic rings. The molecule has 0 spiro atoms. The molecule has 4 heteroatoms. The first-order chi connectivity index (χ1) is 10.2. The van der Waals surface area contributed by atoms with Crippen LogP contribution in [0.5, 0.6) is 0 Å². The van der Waals surface area contributed by atoms with E-state index in [-0.39, 0.29) is 6.04 Å². The van der Waals surface area contributed by atoms with Gasteiger partial charge in [-0.05, 0) is 24.1 Å². The number of benzene rings is 1. The van der Waals surface area contributed by atoms with E-state index in [9.17, 15) is 0 Å². The predicted molar refractivity (Wildman–Crippen MR) is 93.2 cm³/mol. The van der Waals surface area contributed by atoms with Gasteiger partial charge < -0.3 is 5.73 Å². The van der Waals surface area contributed by atoms with E-state index >= 15 is 0 Å². The number of anilines is 1. The number of rotatable bonds is 11. The van der Waals surface area contributed by atoms with E-state index < -0.39 is 0 Å². The maximum atomic E-state index is 6.02. The van der Waals surface area contributed by atoms with Gasteiger partial charge in [-0.3, -0.25) is 11.3 Å². The molecule has 5 N–H and O–H groups in total. The Labute approximate surface area is 134 Å². The fraction of sp³-hybridized carbons (Fsp3) is 0.647. The van der Waals surface area contributed by atoms with Gasteiger partial charge in [0, 0.05) is 16.8 Å². The van der Waals surface area contributed by atoms with Crippen molar-refractivity contribution in [1.29, 1.82) is 0 Å². The summed E-state index contributed by atoms with van der Waals surface area (Å²) in [7, 11) is 0. The number of nitrogens with one attached hydrogen (secondary N) is 1. The molecule has 3 nitrogen and oxygen atoms in total. The zero-order chi connectivity index (χ0) is 15.5. The topological polar surface area (TPSA) is 64.1 Å². The molecule has 0 fully saturated rings. The van der Waals surface area contributed by atoms with E-state index in [1.54, 1.807) is 6.07 Å². The average molecular weight is 312 g/mol. The van der Waals surface area contributed by atoms with Crippen LogP contribution in [0.25, 0.3) is 0 Å². The zero-order valence-corrected chi connectivity index (χ0v) is 14.0. The molecule has 0 aliphatic carbocycles. The maximum absolute atomic E-state index is 6.02. The van der Waals surface area contributed by atoms with Crippen molar-refractivity contribution in [3.8, 4) is 0 Å². The highest BCUT2D eigenvalue weighted by atomic mass is 35.5. The number of nitrogen functional groups attached to an aromatic ring is 1. The van der Waals surface area contributed by atoms with Gasteiger partial charge in [-0.15, -0.1) is 0 Å². The lowest BCUT2D eigenvalue weighted by molar-refractivity contribution is 0.476. The number of nitrogens with two attached hydrogens (primary N) is 2. The van der Waals surface area contributed by atoms with Gasteiger partial charge in [0.2, 0.25) is 0 Å². The molecule has 1 atom stereocenters. The highest BCUT2D eigenvalue weighted by Gasteiger charge is 2.12. The monoisotopic (exact) mass is 311 g/mol. The highest BCUT2D eigenvalue weighted by Crippen LogP contribution is 2.27. The molecule has 0 bridgehead atoms. The largest absolute Gasteiger partial charge is 0.398 e. The fourth-order valence-corrected chi connectivity index (χ4v) is 2.85. The molecule has 0 heterocycles. The van der Waals surface area contributed by atoms with Crippen molar-refractivity contribution < 1.29 is 0 Å². The Morgan fingerprint density at radius 1 is 1.05 bits per heavy atom. The van der Waals surface area contributed by atoms with Crippen molar-refractivity contribution >= 4 is 17.3 Å². The van der Waals surface area contributed by atoms with Gasteiger partial charge in [-0.2, -0.15) is 0 Å². The molecular formula is C17H30ClN3. The number of hydrazine groups is 1. The highest BCUT2D eigenvalue weighted by molar-refractivity contribution is 6.30. The Kier molecular flexibility index (Phi) is 9.48. The Balaban J connectivity index is 2.25. The summed E-state index contributed by atoms with van der Waals surface area (Å²) < 4.78 is 0. The van der Waals surface area contributed by atoms with Crippen LogP contribution in [-0.4, -0.2) is 0 Å². The van der Waals surface area contributed by atoms with Crippen molar-refractivity contribution in [1.82, 2.24) is 5.43 Å². The summed E-state index contributed by atoms with van der Waals surface area (Å²) in [6.45, 7) is 2.25. The second-order valence-corrected chi connectivity index (χ2v) is 6.19. The summed E-state index contributed by atoms with van der Waals surface area (Å²) in [6, 6.07) is 5.73. The SMILES string of the molecule is CCCCCCCCCCC(NN)c1ccc(Cl)cc1N. The van der Waals surface area contributed by atoms with E-state index in [0.29, 0.717) is 10.7 Å². The Morgan fingerprint density at radius 3 is 2.24 bits per heavy atom. The maximum Gasteiger partial charge on any atom is 0.0480 e. The second kappa shape index (κ2) is 10.9. The van der Waals surface area contributed by atoms with Crippen molar-refractivity contribution in [2.24, 2.45) is 5.84 Å². The predicted octanol–water partition coefficient (Wildman–Crippen LogP) is 4.96. The van der Waals surface area contributed by atoms with Crippen LogP contribution in [0, 0.1) is 0 Å². The van der Waals surface area contributed by atoms with E-state index in [4.69, 9.17) is 23.2 Å². The first kappa shape index (κ1) is 18.3. The molecule has 0 amide bonds. The minimum absolute atomic E-state index is 0.113. The third kappa shape index (κ3) is 7.16. The van der Waals surface area contributed by atoms with Crippen molar-refractivity contribution in [3.05, 3.63) is 28.8 Å². The molecule has 0 aliphatic heterocycles. The van der Waals surface area contributed by atoms with Gasteiger partial charge in [0.05, 0.1) is 0 Å². The molecule has 1 aromatic carbocycles. The molecule has 1 unspecified atom stereocenters. The lowest BCUT2D eigenvalue weighted by atomic mass is 9.98. The molecular weight excluding hydrogens is 282 g/mol. The summed E-state index contributed by atoms with van der Waals surface area (Å²) in [5.41, 5.74) is 10.6. The molecule has 0 saturated heterocycles. The Bertz CT molecular complexity index is 396. The van der Waals surface area contributed by atoms with E-state index in [2.05, 4.69) is 12.3 Å². The van der Waals surface area contributed by atoms with Gasteiger partial charge in [0.25, 0.3) is 0 Å². The van der Waals surface area contributed by atoms with Crippen molar-refractivity contribution in [2.75, 3.05) is 5.73 Å². The van der Waals surface area contributed by atoms with Gasteiger partial charge in [0.15, 0.2) is 0 Å². The molecule has 1 rings (SSSR count). The van der Waals surface area contributed by atoms with Crippen molar-refractivity contribution in [2.45, 2.75) is 70.8 Å². The molecule has 0 saturated carbocycles. The first-order valence-electron chi connectivity index (χ1n) is 8.20. The summed E-state index contributed by atoms with van der Waals surface area (Å²) in [5.74, 6) is 5.67. The molecule has 0 aromatic heterocycles. The van der Waals surface area contributed by atoms with Crippen LogP contribution in [0.4, 0.5) is 5.69 Å². The average Bonchev–Trinajstić information content (AvgIpc) is 2.47. The van der Waals surface area contributed by atoms with Crippen LogP contribution in [0.1, 0.15) is 76.3 Å². The van der Waals surface area contributed by atoms with Gasteiger partial charge in [0.1, 0.15) is 0 Å². The minimum Gasteiger partial charge on any atom is -0.398 e. The Morgan fingerprint density at radius 2 is 1.67 bits per heavy atom. The van der Waals surface area contributed by atoms with Crippen LogP contribution in [0.3, 0.4) is 0 Å². The lowest BCUT2D eigenvalue weighted by Crippen LogP contribution is -2.28. The van der Waals surface area contributed by atoms with Gasteiger partial charge >= 0.3 is 0 Å². The summed E-state index contributed by atoms with van der Waals surface area (Å²) in [5, 5.41) is 0.666. The third-order valence-electron chi connectivity index (χ3n) is 3.97. The van der Waals surface area contributed by atoms with E-state index in [0.717, 1.165) is 12.0 Å². The number of halogens is 1. The van der Waals surface area contributed by atoms with Crippen LogP contribution < -0.4 is 17.0 Å². The number of hydrogen-bond donors (Lipinski definition) is 3. The van der Waals surface area contributed by atoms with Crippen molar-refractivity contribution in [3.63, 3.8) is 0 Å². The summed E-state index contributed by atoms with van der Waals surface area (Å²) in [6.07, 6.45) is 11.5. The van der Waals surface area contributed by atoms with E-state index in [1.165, 1.54) is 51.4 Å². The quantitative estimate of drug-likeness (QED) is 0.234. The summed E-state index contributed by atoms with van der Waals surface area (Å²) in [4.78, 5) is 0. The van der Waals surface area contributed by atoms with Crippen LogP contribution in [-0.2, 0) is 0 Å². The lowest BCUT2D eigenvalue weighted by Gasteiger charge is -2.18. The van der Waals surface area contributed by atoms with Crippen LogP contribution in [0.15, 0.2) is 18.2 Å². The first-order valence-corrected chi connectivity index (χ1v) is 8.58. The smallest absolute Gasteiger partial charge is 0.0480 e. The Hall–Kier alpha value is -0.770. The third-order valence-corrected chi connectivity index (χ3v) is 4.21.